The molecule has 1 saturated carbocycles. The maximum Gasteiger partial charge on any atom is 0.217 e. The Morgan fingerprint density at radius 2 is 2.30 bits per heavy atom. The van der Waals surface area contributed by atoms with E-state index in [1.165, 1.54) is 4.31 Å². The molecule has 3 rings (SSSR count). The Balaban J connectivity index is 1.79. The topological polar surface area (TPSA) is 93.6 Å². The van der Waals surface area contributed by atoms with Crippen LogP contribution >= 0.6 is 0 Å². The number of anilines is 1. The van der Waals surface area contributed by atoms with E-state index in [9.17, 15) is 8.42 Å². The maximum atomic E-state index is 12.6. The standard InChI is InChI=1S/C14H22N4O4S/c1-21-8-6-15-13-4-5-16-14(17-13)12-10-22-9-7-18(12)23(19,20)11-2-3-11/h4-5,11-12H,2-3,6-10H2,1H3,(H,15,16,17). The number of rotatable bonds is 7. The monoisotopic (exact) mass is 342 g/mol. The summed E-state index contributed by atoms with van der Waals surface area (Å²) < 4.78 is 37.2. The van der Waals surface area contributed by atoms with E-state index in [0.29, 0.717) is 37.9 Å². The summed E-state index contributed by atoms with van der Waals surface area (Å²) in [7, 11) is -1.65. The Hall–Kier alpha value is -1.29. The highest BCUT2D eigenvalue weighted by Gasteiger charge is 2.45. The normalized spacial score (nSPS) is 22.9. The average molecular weight is 342 g/mol. The summed E-state index contributed by atoms with van der Waals surface area (Å²) >= 11 is 0. The average Bonchev–Trinajstić information content (AvgIpc) is 3.41. The molecule has 0 amide bonds. The molecule has 2 fully saturated rings. The van der Waals surface area contributed by atoms with Gasteiger partial charge in [-0.15, -0.1) is 0 Å². The van der Waals surface area contributed by atoms with E-state index in [-0.39, 0.29) is 11.9 Å². The number of hydrogen-bond acceptors (Lipinski definition) is 7. The lowest BCUT2D eigenvalue weighted by molar-refractivity contribution is 0.0289. The molecule has 8 nitrogen and oxygen atoms in total. The van der Waals surface area contributed by atoms with E-state index in [1.54, 1.807) is 19.4 Å². The molecule has 1 aliphatic heterocycles. The van der Waals surface area contributed by atoms with E-state index < -0.39 is 16.1 Å². The summed E-state index contributed by atoms with van der Waals surface area (Å²) in [6.45, 7) is 2.24. The Labute approximate surface area is 136 Å². The molecule has 0 bridgehead atoms. The van der Waals surface area contributed by atoms with Gasteiger partial charge in [0.05, 0.1) is 25.1 Å². The fourth-order valence-corrected chi connectivity index (χ4v) is 4.52. The van der Waals surface area contributed by atoms with Crippen LogP contribution < -0.4 is 5.32 Å². The number of aromatic nitrogens is 2. The van der Waals surface area contributed by atoms with E-state index in [4.69, 9.17) is 9.47 Å². The predicted octanol–water partition coefficient (Wildman–Crippen LogP) is 0.400. The zero-order valence-electron chi connectivity index (χ0n) is 13.1. The van der Waals surface area contributed by atoms with E-state index in [1.807, 2.05) is 0 Å². The summed E-state index contributed by atoms with van der Waals surface area (Å²) in [4.78, 5) is 8.71. The van der Waals surface area contributed by atoms with Crippen molar-refractivity contribution in [3.05, 3.63) is 18.1 Å². The largest absolute Gasteiger partial charge is 0.383 e. The molecule has 0 spiro atoms. The molecule has 1 aromatic heterocycles. The number of hydrogen-bond donors (Lipinski definition) is 1. The van der Waals surface area contributed by atoms with Crippen molar-refractivity contribution < 1.29 is 17.9 Å². The van der Waals surface area contributed by atoms with Gasteiger partial charge in [-0.25, -0.2) is 18.4 Å². The van der Waals surface area contributed by atoms with Crippen LogP contribution in [0.3, 0.4) is 0 Å². The number of nitrogens with zero attached hydrogens (tertiary/aromatic N) is 3. The Morgan fingerprint density at radius 3 is 3.04 bits per heavy atom. The number of morpholine rings is 1. The van der Waals surface area contributed by atoms with E-state index in [0.717, 1.165) is 12.8 Å². The minimum atomic E-state index is -3.29. The molecule has 23 heavy (non-hydrogen) atoms. The molecule has 2 heterocycles. The first kappa shape index (κ1) is 16.6. The maximum absolute atomic E-state index is 12.6. The van der Waals surface area contributed by atoms with Gasteiger partial charge in [0.2, 0.25) is 10.0 Å². The number of nitrogens with one attached hydrogen (secondary N) is 1. The van der Waals surface area contributed by atoms with E-state index >= 15 is 0 Å². The van der Waals surface area contributed by atoms with Crippen molar-refractivity contribution in [3.63, 3.8) is 0 Å². The first-order valence-electron chi connectivity index (χ1n) is 7.77. The van der Waals surface area contributed by atoms with Crippen LogP contribution in [0.5, 0.6) is 0 Å². The Bertz CT molecular complexity index is 635. The molecule has 0 aromatic carbocycles. The number of sulfonamides is 1. The van der Waals surface area contributed by atoms with Gasteiger partial charge in [-0.2, -0.15) is 4.31 Å². The highest BCUT2D eigenvalue weighted by molar-refractivity contribution is 7.90. The van der Waals surface area contributed by atoms with Gasteiger partial charge in [0.1, 0.15) is 11.9 Å². The first-order valence-corrected chi connectivity index (χ1v) is 9.27. The molecule has 128 valence electrons. The molecule has 2 aliphatic rings. The van der Waals surface area contributed by atoms with Crippen molar-refractivity contribution >= 4 is 15.8 Å². The van der Waals surface area contributed by atoms with Crippen molar-refractivity contribution in [2.75, 3.05) is 45.3 Å². The molecular formula is C14H22N4O4S. The third-order valence-electron chi connectivity index (χ3n) is 3.94. The Morgan fingerprint density at radius 1 is 1.48 bits per heavy atom. The van der Waals surface area contributed by atoms with Crippen molar-refractivity contribution in [1.82, 2.24) is 14.3 Å². The minimum absolute atomic E-state index is 0.244. The van der Waals surface area contributed by atoms with Gasteiger partial charge in [0, 0.05) is 26.4 Å². The first-order chi connectivity index (χ1) is 11.1. The Kier molecular flexibility index (Phi) is 5.10. The zero-order chi connectivity index (χ0) is 16.3. The summed E-state index contributed by atoms with van der Waals surface area (Å²) in [6.07, 6.45) is 3.12. The van der Waals surface area contributed by atoms with Gasteiger partial charge in [0.25, 0.3) is 0 Å². The van der Waals surface area contributed by atoms with Crippen molar-refractivity contribution in [2.24, 2.45) is 0 Å². The van der Waals surface area contributed by atoms with Crippen LogP contribution in [0.2, 0.25) is 0 Å². The molecule has 0 radical (unpaired) electrons. The third kappa shape index (κ3) is 3.79. The van der Waals surface area contributed by atoms with Crippen molar-refractivity contribution in [3.8, 4) is 0 Å². The fourth-order valence-electron chi connectivity index (χ4n) is 2.57. The van der Waals surface area contributed by atoms with Crippen LogP contribution in [-0.2, 0) is 19.5 Å². The lowest BCUT2D eigenvalue weighted by Crippen LogP contribution is -2.45. The lowest BCUT2D eigenvalue weighted by Gasteiger charge is -2.33. The second kappa shape index (κ2) is 7.08. The van der Waals surface area contributed by atoms with Gasteiger partial charge >= 0.3 is 0 Å². The van der Waals surface area contributed by atoms with Crippen molar-refractivity contribution in [1.29, 1.82) is 0 Å². The summed E-state index contributed by atoms with van der Waals surface area (Å²) in [6, 6.07) is 1.29. The summed E-state index contributed by atoms with van der Waals surface area (Å²) in [5.41, 5.74) is 0. The SMILES string of the molecule is COCCNc1ccnc(C2COCCN2S(=O)(=O)C2CC2)n1. The zero-order valence-corrected chi connectivity index (χ0v) is 14.0. The highest BCUT2D eigenvalue weighted by Crippen LogP contribution is 2.36. The van der Waals surface area contributed by atoms with Gasteiger partial charge < -0.3 is 14.8 Å². The van der Waals surface area contributed by atoms with Crippen LogP contribution in [0, 0.1) is 0 Å². The number of methoxy groups -OCH3 is 1. The van der Waals surface area contributed by atoms with Gasteiger partial charge in [-0.1, -0.05) is 0 Å². The van der Waals surface area contributed by atoms with Gasteiger partial charge in [-0.3, -0.25) is 0 Å². The summed E-state index contributed by atoms with van der Waals surface area (Å²) in [5.74, 6) is 1.12. The number of ether oxygens (including phenoxy) is 2. The van der Waals surface area contributed by atoms with Crippen molar-refractivity contribution in [2.45, 2.75) is 24.1 Å². The van der Waals surface area contributed by atoms with Crippen LogP contribution in [0.15, 0.2) is 12.3 Å². The molecule has 9 heteroatoms. The lowest BCUT2D eigenvalue weighted by atomic mass is 10.2. The quantitative estimate of drug-likeness (QED) is 0.717. The van der Waals surface area contributed by atoms with E-state index in [2.05, 4.69) is 15.3 Å². The van der Waals surface area contributed by atoms with Gasteiger partial charge in [0.15, 0.2) is 5.82 Å². The molecular weight excluding hydrogens is 320 g/mol. The third-order valence-corrected chi connectivity index (χ3v) is 6.34. The summed E-state index contributed by atoms with van der Waals surface area (Å²) in [5, 5.41) is 2.88. The molecule has 1 unspecified atom stereocenters. The van der Waals surface area contributed by atoms with Crippen LogP contribution in [0.25, 0.3) is 0 Å². The smallest absolute Gasteiger partial charge is 0.217 e. The predicted molar refractivity (Wildman–Crippen MR) is 84.6 cm³/mol. The van der Waals surface area contributed by atoms with Crippen LogP contribution in [-0.4, -0.2) is 68.0 Å². The molecule has 1 saturated heterocycles. The fraction of sp³-hybridized carbons (Fsp3) is 0.714. The molecule has 1 aliphatic carbocycles. The minimum Gasteiger partial charge on any atom is -0.383 e. The molecule has 1 N–H and O–H groups in total. The van der Waals surface area contributed by atoms with Crippen LogP contribution in [0.4, 0.5) is 5.82 Å². The molecule has 1 atom stereocenters. The second-order valence-electron chi connectivity index (χ2n) is 5.67. The highest BCUT2D eigenvalue weighted by atomic mass is 32.2. The van der Waals surface area contributed by atoms with Gasteiger partial charge in [-0.05, 0) is 18.9 Å². The second-order valence-corrected chi connectivity index (χ2v) is 7.83. The molecule has 1 aromatic rings. The van der Waals surface area contributed by atoms with Crippen LogP contribution in [0.1, 0.15) is 24.7 Å².